The van der Waals surface area contributed by atoms with Crippen LogP contribution < -0.4 is 10.5 Å². The van der Waals surface area contributed by atoms with Gasteiger partial charge < -0.3 is 10.5 Å². The van der Waals surface area contributed by atoms with Crippen molar-refractivity contribution in [3.05, 3.63) is 44.1 Å². The number of methoxy groups -OCH3 is 1. The van der Waals surface area contributed by atoms with E-state index in [1.165, 1.54) is 7.11 Å². The van der Waals surface area contributed by atoms with Gasteiger partial charge >= 0.3 is 0 Å². The lowest BCUT2D eigenvalue weighted by molar-refractivity contribution is 0.103. The molecule has 0 radical (unpaired) electrons. The second-order valence-electron chi connectivity index (χ2n) is 3.53. The lowest BCUT2D eigenvalue weighted by Crippen LogP contribution is -2.04. The Morgan fingerprint density at radius 2 is 2.00 bits per heavy atom. The van der Waals surface area contributed by atoms with E-state index in [2.05, 4.69) is 0 Å². The van der Waals surface area contributed by atoms with Crippen LogP contribution in [0, 0.1) is 0 Å². The molecule has 0 fully saturated rings. The van der Waals surface area contributed by atoms with E-state index < -0.39 is 0 Å². The number of hydrogen-bond acceptors (Lipinski definition) is 4. The Morgan fingerprint density at radius 1 is 1.28 bits per heavy atom. The summed E-state index contributed by atoms with van der Waals surface area (Å²) < 4.78 is 5.96. The van der Waals surface area contributed by atoms with Crippen LogP contribution in [0.25, 0.3) is 0 Å². The van der Waals surface area contributed by atoms with E-state index in [9.17, 15) is 4.79 Å². The van der Waals surface area contributed by atoms with E-state index in [4.69, 9.17) is 33.7 Å². The summed E-state index contributed by atoms with van der Waals surface area (Å²) in [7, 11) is 1.49. The molecule has 0 unspecified atom stereocenters. The summed E-state index contributed by atoms with van der Waals surface area (Å²) in [6, 6.07) is 6.41. The number of carbonyl (C=O) groups excluding carboxylic acids is 1. The molecule has 3 nitrogen and oxygen atoms in total. The minimum atomic E-state index is -0.257. The van der Waals surface area contributed by atoms with Crippen molar-refractivity contribution < 1.29 is 9.53 Å². The summed E-state index contributed by atoms with van der Waals surface area (Å²) in [6.45, 7) is 0. The van der Waals surface area contributed by atoms with Crippen LogP contribution in [0.3, 0.4) is 0 Å². The zero-order chi connectivity index (χ0) is 13.3. The van der Waals surface area contributed by atoms with Crippen LogP contribution in [-0.4, -0.2) is 12.9 Å². The normalized spacial score (nSPS) is 10.4. The van der Waals surface area contributed by atoms with E-state index in [0.717, 1.165) is 11.3 Å². The first-order chi connectivity index (χ1) is 8.52. The maximum Gasteiger partial charge on any atom is 0.199 e. The van der Waals surface area contributed by atoms with Gasteiger partial charge in [0.1, 0.15) is 10.1 Å². The van der Waals surface area contributed by atoms with Crippen LogP contribution in [0.2, 0.25) is 8.67 Å². The van der Waals surface area contributed by atoms with Crippen LogP contribution >= 0.6 is 34.5 Å². The molecule has 1 heterocycles. The Bertz CT molecular complexity index is 610. The molecule has 18 heavy (non-hydrogen) atoms. The van der Waals surface area contributed by atoms with Gasteiger partial charge in [-0.15, -0.1) is 11.3 Å². The van der Waals surface area contributed by atoms with Crippen LogP contribution in [0.5, 0.6) is 5.75 Å². The van der Waals surface area contributed by atoms with E-state index in [0.29, 0.717) is 31.2 Å². The molecule has 2 rings (SSSR count). The van der Waals surface area contributed by atoms with Crippen LogP contribution in [-0.2, 0) is 0 Å². The molecule has 2 aromatic rings. The predicted molar refractivity (Wildman–Crippen MR) is 75.2 cm³/mol. The number of rotatable bonds is 3. The molecule has 1 aromatic carbocycles. The molecule has 0 amide bonds. The molecule has 2 N–H and O–H groups in total. The van der Waals surface area contributed by atoms with Crippen molar-refractivity contribution in [1.82, 2.24) is 0 Å². The molecule has 94 valence electrons. The third-order valence-electron chi connectivity index (χ3n) is 2.37. The molecule has 0 aliphatic rings. The first-order valence-electron chi connectivity index (χ1n) is 4.96. The fourth-order valence-corrected chi connectivity index (χ4v) is 3.00. The Morgan fingerprint density at radius 3 is 2.56 bits per heavy atom. The van der Waals surface area contributed by atoms with Crippen molar-refractivity contribution in [2.45, 2.75) is 0 Å². The number of thiophene rings is 1. The summed E-state index contributed by atoms with van der Waals surface area (Å²) in [6.07, 6.45) is 0. The number of hydrogen-bond donors (Lipinski definition) is 1. The van der Waals surface area contributed by atoms with Gasteiger partial charge in [-0.2, -0.15) is 0 Å². The van der Waals surface area contributed by atoms with Crippen molar-refractivity contribution in [3.63, 3.8) is 0 Å². The van der Waals surface area contributed by atoms with Gasteiger partial charge in [-0.1, -0.05) is 23.2 Å². The van der Waals surface area contributed by atoms with Crippen molar-refractivity contribution in [1.29, 1.82) is 0 Å². The summed E-state index contributed by atoms with van der Waals surface area (Å²) in [4.78, 5) is 12.3. The third-order valence-corrected chi connectivity index (χ3v) is 3.86. The van der Waals surface area contributed by atoms with Gasteiger partial charge in [-0.05, 0) is 24.3 Å². The molecular weight excluding hydrogens is 293 g/mol. The number of ketones is 1. The monoisotopic (exact) mass is 301 g/mol. The number of ether oxygens (including phenoxy) is 1. The van der Waals surface area contributed by atoms with Gasteiger partial charge in [-0.3, -0.25) is 4.79 Å². The quantitative estimate of drug-likeness (QED) is 0.691. The minimum absolute atomic E-state index is 0.257. The van der Waals surface area contributed by atoms with Gasteiger partial charge in [0.15, 0.2) is 5.78 Å². The van der Waals surface area contributed by atoms with Crippen LogP contribution in [0.4, 0.5) is 5.69 Å². The van der Waals surface area contributed by atoms with E-state index in [1.807, 2.05) is 0 Å². The average molecular weight is 302 g/mol. The average Bonchev–Trinajstić information content (AvgIpc) is 2.67. The second-order valence-corrected chi connectivity index (χ2v) is 5.81. The van der Waals surface area contributed by atoms with Crippen molar-refractivity contribution in [3.8, 4) is 5.75 Å². The van der Waals surface area contributed by atoms with Gasteiger partial charge in [0.05, 0.1) is 22.6 Å². The highest BCUT2D eigenvalue weighted by Gasteiger charge is 2.19. The molecule has 0 atom stereocenters. The van der Waals surface area contributed by atoms with Gasteiger partial charge in [0.2, 0.25) is 0 Å². The fraction of sp³-hybridized carbons (Fsp3) is 0.0833. The first kappa shape index (κ1) is 13.2. The zero-order valence-electron chi connectivity index (χ0n) is 9.37. The van der Waals surface area contributed by atoms with E-state index in [1.54, 1.807) is 24.3 Å². The summed E-state index contributed by atoms with van der Waals surface area (Å²) in [5.41, 5.74) is 6.89. The maximum absolute atomic E-state index is 12.3. The third kappa shape index (κ3) is 2.46. The molecule has 0 saturated heterocycles. The standard InChI is InChI=1S/C12H9Cl2NO2S/c1-17-9-3-2-6(15)4-7(9)11(16)8-5-10(13)18-12(8)14/h2-5H,15H2,1H3. The molecular formula is C12H9Cl2NO2S. The number of benzene rings is 1. The minimum Gasteiger partial charge on any atom is -0.496 e. The van der Waals surface area contributed by atoms with Crippen molar-refractivity contribution in [2.75, 3.05) is 12.8 Å². The predicted octanol–water partition coefficient (Wildman–Crippen LogP) is 3.88. The SMILES string of the molecule is COc1ccc(N)cc1C(=O)c1cc(Cl)sc1Cl. The number of carbonyl (C=O) groups is 1. The van der Waals surface area contributed by atoms with Crippen LogP contribution in [0.1, 0.15) is 15.9 Å². The molecule has 1 aromatic heterocycles. The first-order valence-corrected chi connectivity index (χ1v) is 6.53. The number of anilines is 1. The highest BCUT2D eigenvalue weighted by Crippen LogP contribution is 2.34. The summed E-state index contributed by atoms with van der Waals surface area (Å²) in [5.74, 6) is 0.194. The molecule has 0 saturated carbocycles. The van der Waals surface area contributed by atoms with E-state index >= 15 is 0 Å². The Hall–Kier alpha value is -1.23. The topological polar surface area (TPSA) is 52.3 Å². The van der Waals surface area contributed by atoms with Crippen molar-refractivity contribution >= 4 is 46.0 Å². The smallest absolute Gasteiger partial charge is 0.199 e. The molecule has 6 heteroatoms. The number of nitrogen functional groups attached to an aromatic ring is 1. The lowest BCUT2D eigenvalue weighted by atomic mass is 10.0. The lowest BCUT2D eigenvalue weighted by Gasteiger charge is -2.07. The Kier molecular flexibility index (Phi) is 3.80. The molecule has 0 aliphatic heterocycles. The van der Waals surface area contributed by atoms with E-state index in [-0.39, 0.29) is 5.78 Å². The van der Waals surface area contributed by atoms with Crippen LogP contribution in [0.15, 0.2) is 24.3 Å². The van der Waals surface area contributed by atoms with Crippen molar-refractivity contribution in [2.24, 2.45) is 0 Å². The zero-order valence-corrected chi connectivity index (χ0v) is 11.7. The molecule has 0 spiro atoms. The Labute approximate surface area is 118 Å². The second kappa shape index (κ2) is 5.18. The summed E-state index contributed by atoms with van der Waals surface area (Å²) >= 11 is 12.9. The number of halogens is 2. The Balaban J connectivity index is 2.51. The highest BCUT2D eigenvalue weighted by molar-refractivity contribution is 7.20. The molecule has 0 aliphatic carbocycles. The fourth-order valence-electron chi connectivity index (χ4n) is 1.54. The van der Waals surface area contributed by atoms with Gasteiger partial charge in [0.25, 0.3) is 0 Å². The summed E-state index contributed by atoms with van der Waals surface area (Å²) in [5, 5.41) is 0. The maximum atomic E-state index is 12.3. The van der Waals surface area contributed by atoms with Gasteiger partial charge in [0, 0.05) is 5.69 Å². The van der Waals surface area contributed by atoms with Gasteiger partial charge in [-0.25, -0.2) is 0 Å². The molecule has 0 bridgehead atoms. The number of nitrogens with two attached hydrogens (primary N) is 1. The largest absolute Gasteiger partial charge is 0.496 e. The highest BCUT2D eigenvalue weighted by atomic mass is 35.5.